The third-order valence-electron chi connectivity index (χ3n) is 8.72. The van der Waals surface area contributed by atoms with Crippen molar-refractivity contribution in [3.63, 3.8) is 0 Å². The standard InChI is InChI=1S/C42H42ClN3O4.ClH/c1-31-7-15-37(16-8-31)48-26-21-33-9-11-34(12-10-33)29-45-22-24-46(25-23-45)42(47)20-14-35-13-17-38(27-32(35)2)50-41-19-18-39(28-44-41)49-30-36-5-3-4-6-40(36)43;/h3-20,27-28H,21-26,29-30H2,1-2H3;1H/b20-14+;. The minimum absolute atomic E-state index is 0. The quantitative estimate of drug-likeness (QED) is 0.113. The molecule has 7 nitrogen and oxygen atoms in total. The summed E-state index contributed by atoms with van der Waals surface area (Å²) in [7, 11) is 0. The van der Waals surface area contributed by atoms with E-state index in [0.717, 1.165) is 48.5 Å². The van der Waals surface area contributed by atoms with Gasteiger partial charge < -0.3 is 19.1 Å². The van der Waals surface area contributed by atoms with E-state index in [1.807, 2.05) is 78.6 Å². The number of halogens is 2. The second-order valence-corrected chi connectivity index (χ2v) is 12.9. The first-order chi connectivity index (χ1) is 24.4. The first-order valence-electron chi connectivity index (χ1n) is 17.0. The predicted octanol–water partition coefficient (Wildman–Crippen LogP) is 9.12. The number of rotatable bonds is 13. The largest absolute Gasteiger partial charge is 0.493 e. The lowest BCUT2D eigenvalue weighted by atomic mass is 10.1. The summed E-state index contributed by atoms with van der Waals surface area (Å²) in [6.07, 6.45) is 6.05. The summed E-state index contributed by atoms with van der Waals surface area (Å²) in [5, 5.41) is 0.669. The minimum atomic E-state index is 0. The van der Waals surface area contributed by atoms with Gasteiger partial charge in [-0.15, -0.1) is 12.4 Å². The van der Waals surface area contributed by atoms with E-state index in [9.17, 15) is 4.79 Å². The van der Waals surface area contributed by atoms with E-state index in [1.165, 1.54) is 16.7 Å². The van der Waals surface area contributed by atoms with E-state index in [2.05, 4.69) is 53.2 Å². The summed E-state index contributed by atoms with van der Waals surface area (Å²) in [5.74, 6) is 2.69. The summed E-state index contributed by atoms with van der Waals surface area (Å²) in [4.78, 5) is 21.7. The number of ether oxygens (including phenoxy) is 3. The molecule has 5 aromatic rings. The third-order valence-corrected chi connectivity index (χ3v) is 9.09. The van der Waals surface area contributed by atoms with Crippen LogP contribution < -0.4 is 14.2 Å². The Morgan fingerprint density at radius 3 is 2.22 bits per heavy atom. The topological polar surface area (TPSA) is 64.1 Å². The number of benzene rings is 4. The molecule has 0 N–H and O–H groups in total. The molecular weight excluding hydrogens is 681 g/mol. The van der Waals surface area contributed by atoms with Gasteiger partial charge in [0.05, 0.1) is 12.8 Å². The van der Waals surface area contributed by atoms with Crippen molar-refractivity contribution in [2.75, 3.05) is 32.8 Å². The van der Waals surface area contributed by atoms with Crippen molar-refractivity contribution in [3.05, 3.63) is 154 Å². The number of pyridine rings is 1. The highest BCUT2D eigenvalue weighted by molar-refractivity contribution is 6.31. The Balaban J connectivity index is 0.00000504. The van der Waals surface area contributed by atoms with Gasteiger partial charge in [0.2, 0.25) is 11.8 Å². The van der Waals surface area contributed by atoms with E-state index in [0.29, 0.717) is 48.7 Å². The number of aromatic nitrogens is 1. The zero-order valence-corrected chi connectivity index (χ0v) is 30.5. The molecule has 6 rings (SSSR count). The molecule has 0 aliphatic carbocycles. The lowest BCUT2D eigenvalue weighted by Gasteiger charge is -2.34. The lowest BCUT2D eigenvalue weighted by molar-refractivity contribution is -0.127. The maximum absolute atomic E-state index is 13.0. The number of nitrogens with zero attached hydrogens (tertiary/aromatic N) is 3. The molecule has 51 heavy (non-hydrogen) atoms. The molecular formula is C42H43Cl2N3O4. The molecule has 1 aromatic heterocycles. The summed E-state index contributed by atoms with van der Waals surface area (Å²) in [6.45, 7) is 9.08. The molecule has 0 unspecified atom stereocenters. The smallest absolute Gasteiger partial charge is 0.246 e. The van der Waals surface area contributed by atoms with Gasteiger partial charge in [0.25, 0.3) is 0 Å². The van der Waals surface area contributed by atoms with E-state index < -0.39 is 0 Å². The Morgan fingerprint density at radius 2 is 1.51 bits per heavy atom. The van der Waals surface area contributed by atoms with Gasteiger partial charge in [0.15, 0.2) is 0 Å². The van der Waals surface area contributed by atoms with Crippen LogP contribution in [0.1, 0.15) is 33.4 Å². The van der Waals surface area contributed by atoms with Crippen LogP contribution in [0, 0.1) is 13.8 Å². The Bertz CT molecular complexity index is 1890. The number of hydrogen-bond acceptors (Lipinski definition) is 6. The van der Waals surface area contributed by atoms with Gasteiger partial charge in [-0.2, -0.15) is 0 Å². The van der Waals surface area contributed by atoms with Crippen molar-refractivity contribution in [2.24, 2.45) is 0 Å². The van der Waals surface area contributed by atoms with Crippen LogP contribution in [0.25, 0.3) is 6.08 Å². The predicted molar refractivity (Wildman–Crippen MR) is 206 cm³/mol. The van der Waals surface area contributed by atoms with Crippen LogP contribution in [0.5, 0.6) is 23.1 Å². The first kappa shape index (κ1) is 37.4. The van der Waals surface area contributed by atoms with Crippen LogP contribution in [-0.4, -0.2) is 53.5 Å². The van der Waals surface area contributed by atoms with Crippen molar-refractivity contribution in [2.45, 2.75) is 33.4 Å². The Labute approximate surface area is 311 Å². The van der Waals surface area contributed by atoms with Gasteiger partial charge in [0, 0.05) is 61.9 Å². The van der Waals surface area contributed by atoms with Crippen molar-refractivity contribution < 1.29 is 19.0 Å². The average Bonchev–Trinajstić information content (AvgIpc) is 3.13. The fraction of sp³-hybridized carbons (Fsp3) is 0.238. The minimum Gasteiger partial charge on any atom is -0.493 e. The molecule has 1 saturated heterocycles. The number of amides is 1. The molecule has 1 aliphatic rings. The first-order valence-corrected chi connectivity index (χ1v) is 17.3. The van der Waals surface area contributed by atoms with Gasteiger partial charge in [-0.25, -0.2) is 4.98 Å². The number of piperazine rings is 1. The van der Waals surface area contributed by atoms with Crippen LogP contribution in [0.3, 0.4) is 0 Å². The molecule has 1 fully saturated rings. The maximum Gasteiger partial charge on any atom is 0.246 e. The zero-order valence-electron chi connectivity index (χ0n) is 29.0. The van der Waals surface area contributed by atoms with Crippen LogP contribution in [0.2, 0.25) is 5.02 Å². The lowest BCUT2D eigenvalue weighted by Crippen LogP contribution is -2.47. The number of carbonyl (C=O) groups excluding carboxylic acids is 1. The molecule has 0 atom stereocenters. The van der Waals surface area contributed by atoms with E-state index >= 15 is 0 Å². The van der Waals surface area contributed by atoms with Gasteiger partial charge >= 0.3 is 0 Å². The SMILES string of the molecule is Cc1ccc(OCCc2ccc(CN3CCN(C(=O)/C=C/c4ccc(Oc5ccc(OCc6ccccc6Cl)cn5)cc4C)CC3)cc2)cc1.Cl. The molecule has 1 amide bonds. The Kier molecular flexibility index (Phi) is 13.5. The summed E-state index contributed by atoms with van der Waals surface area (Å²) < 4.78 is 17.7. The molecule has 0 radical (unpaired) electrons. The molecule has 0 bridgehead atoms. The van der Waals surface area contributed by atoms with Gasteiger partial charge in [0.1, 0.15) is 23.9 Å². The fourth-order valence-corrected chi connectivity index (χ4v) is 5.88. The highest BCUT2D eigenvalue weighted by atomic mass is 35.5. The second kappa shape index (κ2) is 18.4. The van der Waals surface area contributed by atoms with Crippen molar-refractivity contribution in [3.8, 4) is 23.1 Å². The normalized spacial score (nSPS) is 13.1. The molecule has 2 heterocycles. The summed E-state index contributed by atoms with van der Waals surface area (Å²) in [5.41, 5.74) is 6.65. The van der Waals surface area contributed by atoms with Gasteiger partial charge in [-0.1, -0.05) is 77.8 Å². The van der Waals surface area contributed by atoms with E-state index in [-0.39, 0.29) is 18.3 Å². The molecule has 9 heteroatoms. The molecule has 264 valence electrons. The summed E-state index contributed by atoms with van der Waals surface area (Å²) in [6, 6.07) is 33.9. The number of hydrogen-bond donors (Lipinski definition) is 0. The fourth-order valence-electron chi connectivity index (χ4n) is 5.69. The molecule has 0 spiro atoms. The monoisotopic (exact) mass is 723 g/mol. The Hall–Kier alpha value is -4.82. The van der Waals surface area contributed by atoms with Crippen molar-refractivity contribution >= 4 is 36.0 Å². The highest BCUT2D eigenvalue weighted by Gasteiger charge is 2.19. The number of aryl methyl sites for hydroxylation is 2. The molecule has 0 saturated carbocycles. The van der Waals surface area contributed by atoms with Crippen LogP contribution >= 0.6 is 24.0 Å². The molecule has 4 aromatic carbocycles. The van der Waals surface area contributed by atoms with E-state index in [4.69, 9.17) is 25.8 Å². The van der Waals surface area contributed by atoms with Crippen LogP contribution in [0.15, 0.2) is 115 Å². The third kappa shape index (κ3) is 11.1. The average molecular weight is 725 g/mol. The number of carbonyl (C=O) groups is 1. The van der Waals surface area contributed by atoms with Gasteiger partial charge in [-0.05, 0) is 78.6 Å². The van der Waals surface area contributed by atoms with Crippen molar-refractivity contribution in [1.82, 2.24) is 14.8 Å². The molecule has 1 aliphatic heterocycles. The van der Waals surface area contributed by atoms with Gasteiger partial charge in [-0.3, -0.25) is 9.69 Å². The van der Waals surface area contributed by atoms with E-state index in [1.54, 1.807) is 18.3 Å². The Morgan fingerprint density at radius 1 is 0.804 bits per heavy atom. The zero-order chi connectivity index (χ0) is 34.7. The maximum atomic E-state index is 13.0. The summed E-state index contributed by atoms with van der Waals surface area (Å²) >= 11 is 6.21. The van der Waals surface area contributed by atoms with Crippen LogP contribution in [-0.2, 0) is 24.4 Å². The highest BCUT2D eigenvalue weighted by Crippen LogP contribution is 2.25. The second-order valence-electron chi connectivity index (χ2n) is 12.5. The van der Waals surface area contributed by atoms with Crippen LogP contribution in [0.4, 0.5) is 0 Å². The van der Waals surface area contributed by atoms with Crippen molar-refractivity contribution in [1.29, 1.82) is 0 Å².